The van der Waals surface area contributed by atoms with E-state index < -0.39 is 0 Å². The van der Waals surface area contributed by atoms with E-state index in [0.29, 0.717) is 10.7 Å². The van der Waals surface area contributed by atoms with Gasteiger partial charge in [-0.25, -0.2) is 9.97 Å². The quantitative estimate of drug-likeness (QED) is 0.637. The van der Waals surface area contributed by atoms with Crippen molar-refractivity contribution in [3.05, 3.63) is 35.5 Å². The molecule has 1 aliphatic heterocycles. The molecule has 0 saturated carbocycles. The van der Waals surface area contributed by atoms with Crippen LogP contribution in [-0.2, 0) is 0 Å². The molecule has 0 aromatic carbocycles. The number of nitrogens with zero attached hydrogens (tertiary/aromatic N) is 4. The molecule has 3 aromatic rings. The fourth-order valence-corrected chi connectivity index (χ4v) is 4.15. The molecule has 3 aromatic heterocycles. The van der Waals surface area contributed by atoms with Crippen LogP contribution in [-0.4, -0.2) is 33.3 Å². The normalized spacial score (nSPS) is 18.0. The molecule has 142 valence electrons. The molecular formula is C20H30ClN5. The van der Waals surface area contributed by atoms with Gasteiger partial charge in [-0.3, -0.25) is 5.10 Å². The Morgan fingerprint density at radius 1 is 1.35 bits per heavy atom. The van der Waals surface area contributed by atoms with Gasteiger partial charge in [-0.15, -0.1) is 0 Å². The molecule has 4 heterocycles. The van der Waals surface area contributed by atoms with E-state index >= 15 is 0 Å². The van der Waals surface area contributed by atoms with Crippen LogP contribution >= 0.6 is 11.6 Å². The van der Waals surface area contributed by atoms with Crippen LogP contribution in [0.25, 0.3) is 22.4 Å². The van der Waals surface area contributed by atoms with Crippen molar-refractivity contribution < 1.29 is 4.28 Å². The molecule has 1 atom stereocenters. The van der Waals surface area contributed by atoms with Gasteiger partial charge in [0.15, 0.2) is 5.65 Å². The van der Waals surface area contributed by atoms with E-state index in [1.807, 2.05) is 24.3 Å². The largest absolute Gasteiger partial charge is 0.356 e. The van der Waals surface area contributed by atoms with Gasteiger partial charge in [-0.05, 0) is 55.4 Å². The Morgan fingerprint density at radius 3 is 3.08 bits per heavy atom. The topological polar surface area (TPSA) is 57.7 Å². The number of hydrogen-bond acceptors (Lipinski definition) is 4. The average molecular weight is 376 g/mol. The van der Waals surface area contributed by atoms with Crippen molar-refractivity contribution in [3.63, 3.8) is 0 Å². The van der Waals surface area contributed by atoms with Gasteiger partial charge in [-0.2, -0.15) is 5.10 Å². The van der Waals surface area contributed by atoms with Gasteiger partial charge < -0.3 is 4.90 Å². The summed E-state index contributed by atoms with van der Waals surface area (Å²) in [5.41, 5.74) is 2.25. The summed E-state index contributed by atoms with van der Waals surface area (Å²) in [5.74, 6) is 2.46. The second-order valence-electron chi connectivity index (χ2n) is 7.56. The minimum absolute atomic E-state index is 0. The third-order valence-electron chi connectivity index (χ3n) is 5.05. The molecule has 5 nitrogen and oxygen atoms in total. The molecule has 26 heavy (non-hydrogen) atoms. The van der Waals surface area contributed by atoms with Crippen LogP contribution in [0.3, 0.4) is 0 Å². The van der Waals surface area contributed by atoms with Crippen molar-refractivity contribution in [3.8, 4) is 11.4 Å². The highest BCUT2D eigenvalue weighted by molar-refractivity contribution is 6.33. The first-order valence-corrected chi connectivity index (χ1v) is 9.70. The molecule has 4 rings (SSSR count). The van der Waals surface area contributed by atoms with Crippen LogP contribution in [0.1, 0.15) is 37.4 Å². The Hall–Kier alpha value is -2.14. The zero-order valence-electron chi connectivity index (χ0n) is 15.2. The van der Waals surface area contributed by atoms with Gasteiger partial charge in [0.1, 0.15) is 11.5 Å². The molecule has 1 N–H and O–H groups in total. The lowest BCUT2D eigenvalue weighted by atomic mass is 9.90. The highest BCUT2D eigenvalue weighted by Gasteiger charge is 2.23. The molecule has 1 aliphatic rings. The standard InChI is InChI=1S/C20H24ClN5.3H2/c1-13(2)11-14-5-4-10-26(12-14)17-8-7-16(21)19(23-17)18-15-6-3-9-22-20(15)25-24-18;;;/h3,6-9,13-14H,4-5,10-12H2,1-2H3,(H,22,24,25);3*1H/t14-;;;/m0.../s1. The van der Waals surface area contributed by atoms with E-state index in [0.717, 1.165) is 47.5 Å². The Kier molecular flexibility index (Phi) is 4.81. The number of fused-ring (bicyclic) bond motifs is 1. The molecule has 1 fully saturated rings. The fourth-order valence-electron chi connectivity index (χ4n) is 3.95. The van der Waals surface area contributed by atoms with Gasteiger partial charge in [0.05, 0.1) is 10.7 Å². The Labute approximate surface area is 163 Å². The minimum Gasteiger partial charge on any atom is -0.356 e. The first-order valence-electron chi connectivity index (χ1n) is 9.32. The molecular weight excluding hydrogens is 346 g/mol. The van der Waals surface area contributed by atoms with Gasteiger partial charge in [0, 0.05) is 29.0 Å². The molecule has 0 unspecified atom stereocenters. The molecule has 0 radical (unpaired) electrons. The number of H-pyrrole nitrogens is 1. The van der Waals surface area contributed by atoms with Crippen molar-refractivity contribution in [1.82, 2.24) is 20.2 Å². The van der Waals surface area contributed by atoms with Gasteiger partial charge >= 0.3 is 0 Å². The SMILES string of the molecule is CC(C)C[C@@H]1CCCN(c2ccc(Cl)c(-c3[nH]nc4ncccc34)n2)C1.[HH].[HH].[HH]. The predicted octanol–water partition coefficient (Wildman–Crippen LogP) is 5.67. The van der Waals surface area contributed by atoms with E-state index in [9.17, 15) is 0 Å². The summed E-state index contributed by atoms with van der Waals surface area (Å²) < 4.78 is 0. The maximum atomic E-state index is 6.48. The summed E-state index contributed by atoms with van der Waals surface area (Å²) in [6.45, 7) is 6.72. The smallest absolute Gasteiger partial charge is 0.181 e. The van der Waals surface area contributed by atoms with Crippen molar-refractivity contribution in [2.45, 2.75) is 33.1 Å². The fraction of sp³-hybridized carbons (Fsp3) is 0.450. The summed E-state index contributed by atoms with van der Waals surface area (Å²) in [6, 6.07) is 7.86. The van der Waals surface area contributed by atoms with Crippen molar-refractivity contribution in [2.24, 2.45) is 11.8 Å². The average Bonchev–Trinajstić information content (AvgIpc) is 3.06. The summed E-state index contributed by atoms with van der Waals surface area (Å²) in [7, 11) is 0. The third kappa shape index (κ3) is 3.40. The Bertz CT molecular complexity index is 918. The molecule has 0 bridgehead atoms. The third-order valence-corrected chi connectivity index (χ3v) is 5.35. The van der Waals surface area contributed by atoms with E-state index in [1.165, 1.54) is 19.3 Å². The summed E-state index contributed by atoms with van der Waals surface area (Å²) in [4.78, 5) is 11.6. The summed E-state index contributed by atoms with van der Waals surface area (Å²) >= 11 is 6.48. The second kappa shape index (κ2) is 7.23. The van der Waals surface area contributed by atoms with Crippen molar-refractivity contribution in [2.75, 3.05) is 18.0 Å². The van der Waals surface area contributed by atoms with Gasteiger partial charge in [-0.1, -0.05) is 25.4 Å². The maximum Gasteiger partial charge on any atom is 0.181 e. The molecule has 1 saturated heterocycles. The Balaban J connectivity index is 0.00000140. The van der Waals surface area contributed by atoms with Gasteiger partial charge in [0.2, 0.25) is 0 Å². The van der Waals surface area contributed by atoms with Crippen molar-refractivity contribution in [1.29, 1.82) is 0 Å². The highest BCUT2D eigenvalue weighted by Crippen LogP contribution is 2.33. The minimum atomic E-state index is 0. The number of aromatic nitrogens is 4. The summed E-state index contributed by atoms with van der Waals surface area (Å²) in [5, 5.41) is 8.90. The first-order chi connectivity index (χ1) is 12.6. The lowest BCUT2D eigenvalue weighted by Gasteiger charge is -2.34. The van der Waals surface area contributed by atoms with Crippen LogP contribution in [0, 0.1) is 11.8 Å². The first kappa shape index (κ1) is 17.3. The van der Waals surface area contributed by atoms with Crippen LogP contribution < -0.4 is 4.90 Å². The van der Waals surface area contributed by atoms with Crippen LogP contribution in [0.15, 0.2) is 30.5 Å². The number of hydrogen-bond donors (Lipinski definition) is 1. The zero-order chi connectivity index (χ0) is 18.1. The zero-order valence-corrected chi connectivity index (χ0v) is 16.0. The van der Waals surface area contributed by atoms with Crippen molar-refractivity contribution >= 4 is 28.5 Å². The number of halogens is 1. The summed E-state index contributed by atoms with van der Waals surface area (Å²) in [6.07, 6.45) is 5.54. The molecule has 0 aliphatic carbocycles. The Morgan fingerprint density at radius 2 is 2.23 bits per heavy atom. The lowest BCUT2D eigenvalue weighted by Crippen LogP contribution is -2.36. The molecule has 0 amide bonds. The van der Waals surface area contributed by atoms with E-state index in [1.54, 1.807) is 6.20 Å². The highest BCUT2D eigenvalue weighted by atomic mass is 35.5. The number of anilines is 1. The van der Waals surface area contributed by atoms with Crippen LogP contribution in [0.4, 0.5) is 5.82 Å². The molecule has 6 heteroatoms. The van der Waals surface area contributed by atoms with Crippen LogP contribution in [0.2, 0.25) is 5.02 Å². The number of rotatable bonds is 4. The number of nitrogens with one attached hydrogen (secondary N) is 1. The molecule has 0 spiro atoms. The maximum absolute atomic E-state index is 6.48. The van der Waals surface area contributed by atoms with Crippen LogP contribution in [0.5, 0.6) is 0 Å². The second-order valence-corrected chi connectivity index (χ2v) is 7.96. The predicted molar refractivity (Wildman–Crippen MR) is 113 cm³/mol. The number of pyridine rings is 2. The number of piperidine rings is 1. The lowest BCUT2D eigenvalue weighted by molar-refractivity contribution is 0.346. The monoisotopic (exact) mass is 375 g/mol. The number of aromatic amines is 1. The van der Waals surface area contributed by atoms with Gasteiger partial charge in [0.25, 0.3) is 0 Å². The van der Waals surface area contributed by atoms with E-state index in [4.69, 9.17) is 16.6 Å². The van der Waals surface area contributed by atoms with E-state index in [-0.39, 0.29) is 4.28 Å². The van der Waals surface area contributed by atoms with E-state index in [2.05, 4.69) is 33.9 Å².